The molecule has 0 aliphatic rings. The van der Waals surface area contributed by atoms with Crippen molar-refractivity contribution in [2.24, 2.45) is 0 Å². The summed E-state index contributed by atoms with van der Waals surface area (Å²) in [5, 5.41) is 11.9. The average Bonchev–Trinajstić information content (AvgIpc) is 2.40. The van der Waals surface area contributed by atoms with Crippen LogP contribution in [0.15, 0.2) is 18.5 Å². The second-order valence-electron chi connectivity index (χ2n) is 4.82. The number of anilines is 1. The van der Waals surface area contributed by atoms with E-state index in [2.05, 4.69) is 47.3 Å². The fraction of sp³-hybridized carbons (Fsp3) is 0.400. The minimum absolute atomic E-state index is 0.878. The van der Waals surface area contributed by atoms with E-state index >= 15 is 0 Å². The lowest BCUT2D eigenvalue weighted by atomic mass is 10.0. The molecule has 0 fully saturated rings. The van der Waals surface area contributed by atoms with Gasteiger partial charge >= 0.3 is 0 Å². The smallest absolute Gasteiger partial charge is 0.151 e. The molecule has 2 rings (SSSR count). The first kappa shape index (κ1) is 13.5. The van der Waals surface area contributed by atoms with Gasteiger partial charge in [-0.1, -0.05) is 6.92 Å². The van der Waals surface area contributed by atoms with Gasteiger partial charge in [0.1, 0.15) is 0 Å². The first-order valence-corrected chi connectivity index (χ1v) is 6.63. The van der Waals surface area contributed by atoms with Crippen LogP contribution in [-0.2, 0) is 0 Å². The van der Waals surface area contributed by atoms with Gasteiger partial charge in [-0.3, -0.25) is 4.98 Å². The van der Waals surface area contributed by atoms with Gasteiger partial charge in [-0.15, -0.1) is 10.2 Å². The Morgan fingerprint density at radius 1 is 1.05 bits per heavy atom. The zero-order valence-corrected chi connectivity index (χ0v) is 12.0. The maximum absolute atomic E-state index is 4.35. The van der Waals surface area contributed by atoms with Crippen molar-refractivity contribution < 1.29 is 0 Å². The van der Waals surface area contributed by atoms with E-state index in [-0.39, 0.29) is 0 Å². The molecule has 0 bridgehead atoms. The molecule has 0 spiro atoms. The molecule has 2 heterocycles. The van der Waals surface area contributed by atoms with E-state index in [4.69, 9.17) is 0 Å². The Morgan fingerprint density at radius 3 is 2.53 bits per heavy atom. The topological polar surface area (TPSA) is 50.7 Å². The molecular formula is C15H20N4. The van der Waals surface area contributed by atoms with Gasteiger partial charge in [0.25, 0.3) is 0 Å². The van der Waals surface area contributed by atoms with E-state index in [9.17, 15) is 0 Å². The van der Waals surface area contributed by atoms with Crippen molar-refractivity contribution in [2.45, 2.75) is 34.1 Å². The molecule has 0 amide bonds. The molecule has 2 aromatic heterocycles. The molecule has 4 heteroatoms. The van der Waals surface area contributed by atoms with Gasteiger partial charge in [0, 0.05) is 24.5 Å². The molecule has 0 saturated carbocycles. The lowest BCUT2D eigenvalue weighted by molar-refractivity contribution is 0.932. The van der Waals surface area contributed by atoms with Crippen LogP contribution in [0.5, 0.6) is 0 Å². The Bertz CT molecular complexity index is 578. The summed E-state index contributed by atoms with van der Waals surface area (Å²) in [6.07, 6.45) is 4.75. The Morgan fingerprint density at radius 2 is 1.84 bits per heavy atom. The van der Waals surface area contributed by atoms with Crippen molar-refractivity contribution in [1.82, 2.24) is 15.2 Å². The average molecular weight is 256 g/mol. The number of aryl methyl sites for hydroxylation is 1. The van der Waals surface area contributed by atoms with Gasteiger partial charge in [0.05, 0.1) is 5.69 Å². The number of hydrogen-bond acceptors (Lipinski definition) is 4. The van der Waals surface area contributed by atoms with Crippen LogP contribution >= 0.6 is 0 Å². The molecule has 0 radical (unpaired) electrons. The highest BCUT2D eigenvalue weighted by Crippen LogP contribution is 2.25. The molecular weight excluding hydrogens is 236 g/mol. The van der Waals surface area contributed by atoms with Crippen LogP contribution in [-0.4, -0.2) is 21.7 Å². The van der Waals surface area contributed by atoms with Gasteiger partial charge in [0.2, 0.25) is 0 Å². The first-order valence-electron chi connectivity index (χ1n) is 6.63. The summed E-state index contributed by atoms with van der Waals surface area (Å²) in [6, 6.07) is 2.09. The summed E-state index contributed by atoms with van der Waals surface area (Å²) in [5.74, 6) is 0.878. The van der Waals surface area contributed by atoms with E-state index in [1.807, 2.05) is 19.3 Å². The molecule has 0 unspecified atom stereocenters. The summed E-state index contributed by atoms with van der Waals surface area (Å²) in [7, 11) is 0. The third-order valence-corrected chi connectivity index (χ3v) is 3.21. The highest BCUT2D eigenvalue weighted by molar-refractivity contribution is 5.66. The van der Waals surface area contributed by atoms with Crippen molar-refractivity contribution in [2.75, 3.05) is 11.9 Å². The van der Waals surface area contributed by atoms with Crippen LogP contribution in [0.25, 0.3) is 11.3 Å². The normalized spacial score (nSPS) is 10.5. The van der Waals surface area contributed by atoms with Gasteiger partial charge in [-0.05, 0) is 49.9 Å². The molecule has 2 aromatic rings. The Balaban J connectivity index is 2.41. The van der Waals surface area contributed by atoms with Gasteiger partial charge < -0.3 is 5.32 Å². The fourth-order valence-electron chi connectivity index (χ4n) is 1.98. The van der Waals surface area contributed by atoms with Gasteiger partial charge in [-0.2, -0.15) is 0 Å². The molecule has 0 atom stereocenters. The van der Waals surface area contributed by atoms with E-state index in [1.54, 1.807) is 0 Å². The largest absolute Gasteiger partial charge is 0.368 e. The van der Waals surface area contributed by atoms with Crippen LogP contribution < -0.4 is 5.32 Å². The molecule has 0 saturated heterocycles. The molecule has 4 nitrogen and oxygen atoms in total. The number of hydrogen-bond donors (Lipinski definition) is 1. The maximum Gasteiger partial charge on any atom is 0.151 e. The fourth-order valence-corrected chi connectivity index (χ4v) is 1.98. The van der Waals surface area contributed by atoms with Crippen molar-refractivity contribution in [3.63, 3.8) is 0 Å². The minimum Gasteiger partial charge on any atom is -0.368 e. The Kier molecular flexibility index (Phi) is 4.10. The first-order chi connectivity index (χ1) is 9.13. The van der Waals surface area contributed by atoms with Crippen LogP contribution in [0.2, 0.25) is 0 Å². The molecule has 100 valence electrons. The lowest BCUT2D eigenvalue weighted by Crippen LogP contribution is -2.07. The molecule has 0 aliphatic carbocycles. The molecule has 19 heavy (non-hydrogen) atoms. The maximum atomic E-state index is 4.35. The van der Waals surface area contributed by atoms with Gasteiger partial charge in [-0.25, -0.2) is 0 Å². The predicted molar refractivity (Wildman–Crippen MR) is 78.3 cm³/mol. The van der Waals surface area contributed by atoms with E-state index in [1.165, 1.54) is 0 Å². The zero-order chi connectivity index (χ0) is 13.8. The summed E-state index contributed by atoms with van der Waals surface area (Å²) in [4.78, 5) is 4.22. The summed E-state index contributed by atoms with van der Waals surface area (Å²) in [6.45, 7) is 9.24. The Hall–Kier alpha value is -1.97. The second kappa shape index (κ2) is 5.78. The standard InChI is InChI=1S/C15H20N4/c1-5-6-17-15-12(4)11(3)14(18-19-15)13-7-10(2)8-16-9-13/h7-9H,5-6H2,1-4H3,(H,17,19). The van der Waals surface area contributed by atoms with Crippen molar-refractivity contribution in [3.05, 3.63) is 35.2 Å². The number of rotatable bonds is 4. The SMILES string of the molecule is CCCNc1nnc(-c2cncc(C)c2)c(C)c1C. The number of aromatic nitrogens is 3. The van der Waals surface area contributed by atoms with Crippen LogP contribution in [0.3, 0.4) is 0 Å². The van der Waals surface area contributed by atoms with E-state index in [0.717, 1.165) is 46.7 Å². The van der Waals surface area contributed by atoms with E-state index in [0.29, 0.717) is 0 Å². The van der Waals surface area contributed by atoms with Crippen molar-refractivity contribution in [1.29, 1.82) is 0 Å². The highest BCUT2D eigenvalue weighted by Gasteiger charge is 2.11. The highest BCUT2D eigenvalue weighted by atomic mass is 15.2. The summed E-state index contributed by atoms with van der Waals surface area (Å²) in [5.41, 5.74) is 5.37. The zero-order valence-electron chi connectivity index (χ0n) is 12.0. The molecule has 0 aliphatic heterocycles. The monoisotopic (exact) mass is 256 g/mol. The third kappa shape index (κ3) is 2.89. The van der Waals surface area contributed by atoms with Crippen LogP contribution in [0, 0.1) is 20.8 Å². The lowest BCUT2D eigenvalue weighted by Gasteiger charge is -2.12. The molecule has 0 aromatic carbocycles. The quantitative estimate of drug-likeness (QED) is 0.912. The van der Waals surface area contributed by atoms with Crippen LogP contribution in [0.4, 0.5) is 5.82 Å². The van der Waals surface area contributed by atoms with Crippen LogP contribution in [0.1, 0.15) is 30.0 Å². The second-order valence-corrected chi connectivity index (χ2v) is 4.82. The van der Waals surface area contributed by atoms with Crippen molar-refractivity contribution in [3.8, 4) is 11.3 Å². The predicted octanol–water partition coefficient (Wildman–Crippen LogP) is 3.29. The third-order valence-electron chi connectivity index (χ3n) is 3.21. The minimum atomic E-state index is 0.878. The van der Waals surface area contributed by atoms with Crippen molar-refractivity contribution >= 4 is 5.82 Å². The Labute approximate surface area is 114 Å². The summed E-state index contributed by atoms with van der Waals surface area (Å²) >= 11 is 0. The van der Waals surface area contributed by atoms with Gasteiger partial charge in [0.15, 0.2) is 5.82 Å². The van der Waals surface area contributed by atoms with E-state index < -0.39 is 0 Å². The molecule has 1 N–H and O–H groups in total. The number of pyridine rings is 1. The number of nitrogens with one attached hydrogen (secondary N) is 1. The summed E-state index contributed by atoms with van der Waals surface area (Å²) < 4.78 is 0. The number of nitrogens with zero attached hydrogens (tertiary/aromatic N) is 3.